The highest BCUT2D eigenvalue weighted by molar-refractivity contribution is 5.25. The Hall–Kier alpha value is -0.300. The Labute approximate surface area is 194 Å². The third-order valence-corrected chi connectivity index (χ3v) is 10.7. The van der Waals surface area contributed by atoms with Crippen molar-refractivity contribution in [2.45, 2.75) is 131 Å². The first-order valence-corrected chi connectivity index (χ1v) is 14.0. The molecule has 8 atom stereocenters. The van der Waals surface area contributed by atoms with Gasteiger partial charge in [0, 0.05) is 0 Å². The van der Waals surface area contributed by atoms with Crippen LogP contribution in [0.5, 0.6) is 0 Å². The molecule has 0 heterocycles. The summed E-state index contributed by atoms with van der Waals surface area (Å²) in [6.07, 6.45) is 19.0. The fourth-order valence-corrected chi connectivity index (χ4v) is 9.15. The van der Waals surface area contributed by atoms with Gasteiger partial charge in [-0.05, 0) is 112 Å². The van der Waals surface area contributed by atoms with E-state index in [9.17, 15) is 0 Å². The molecule has 3 fully saturated rings. The second kappa shape index (κ2) is 9.15. The molecule has 0 aliphatic heterocycles. The normalized spacial score (nSPS) is 43.4. The van der Waals surface area contributed by atoms with Crippen LogP contribution in [0.25, 0.3) is 0 Å². The minimum atomic E-state index is 0.361. The van der Waals surface area contributed by atoms with Crippen LogP contribution in [0.1, 0.15) is 119 Å². The van der Waals surface area contributed by atoms with Crippen LogP contribution in [0.3, 0.4) is 0 Å². The third kappa shape index (κ3) is 4.43. The van der Waals surface area contributed by atoms with E-state index in [1.165, 1.54) is 70.6 Å². The number of hydrogen-bond acceptors (Lipinski definition) is 1. The van der Waals surface area contributed by atoms with E-state index >= 15 is 0 Å². The molecule has 0 bridgehead atoms. The molecule has 0 N–H and O–H groups in total. The summed E-state index contributed by atoms with van der Waals surface area (Å²) in [5.74, 6) is 5.60. The van der Waals surface area contributed by atoms with Crippen LogP contribution in [-0.2, 0) is 4.74 Å². The lowest BCUT2D eigenvalue weighted by Gasteiger charge is -2.58. The minimum absolute atomic E-state index is 0.361. The van der Waals surface area contributed by atoms with Crippen LogP contribution in [0.2, 0.25) is 0 Å². The highest BCUT2D eigenvalue weighted by Gasteiger charge is 2.59. The van der Waals surface area contributed by atoms with Crippen LogP contribution >= 0.6 is 0 Å². The maximum atomic E-state index is 6.25. The predicted octanol–water partition coefficient (Wildman–Crippen LogP) is 8.82. The lowest BCUT2D eigenvalue weighted by Crippen LogP contribution is -2.51. The number of fused-ring (bicyclic) bond motifs is 5. The molecule has 0 aromatic heterocycles. The predicted molar refractivity (Wildman–Crippen MR) is 133 cm³/mol. The molecule has 3 unspecified atom stereocenters. The number of hydrogen-bond donors (Lipinski definition) is 0. The van der Waals surface area contributed by atoms with Gasteiger partial charge in [0.15, 0.2) is 0 Å². The second-order valence-corrected chi connectivity index (χ2v) is 13.3. The van der Waals surface area contributed by atoms with Gasteiger partial charge in [0.2, 0.25) is 0 Å². The van der Waals surface area contributed by atoms with Crippen molar-refractivity contribution >= 4 is 0 Å². The van der Waals surface area contributed by atoms with Crippen LogP contribution < -0.4 is 0 Å². The van der Waals surface area contributed by atoms with Crippen LogP contribution in [0.15, 0.2) is 11.6 Å². The highest BCUT2D eigenvalue weighted by Crippen LogP contribution is 2.67. The molecule has 4 aliphatic rings. The molecule has 1 heteroatoms. The van der Waals surface area contributed by atoms with Gasteiger partial charge in [0.1, 0.15) is 0 Å². The SMILES string of the molecule is CC(C)CCC[C@@H](C)[C@H]1CCC2C3CC=C4C[C@@H](OC(C)C)CC[C@]4(C)C3CC[C@@]21C. The number of allylic oxidation sites excluding steroid dienone is 1. The molecular weight excluding hydrogens is 376 g/mol. The lowest BCUT2D eigenvalue weighted by atomic mass is 9.47. The summed E-state index contributed by atoms with van der Waals surface area (Å²) in [4.78, 5) is 0. The lowest BCUT2D eigenvalue weighted by molar-refractivity contribution is -0.0707. The summed E-state index contributed by atoms with van der Waals surface area (Å²) in [5.41, 5.74) is 2.84. The Morgan fingerprint density at radius 2 is 1.71 bits per heavy atom. The number of rotatable bonds is 7. The third-order valence-electron chi connectivity index (χ3n) is 10.7. The van der Waals surface area contributed by atoms with Crippen molar-refractivity contribution in [3.8, 4) is 0 Å². The monoisotopic (exact) mass is 428 g/mol. The van der Waals surface area contributed by atoms with Crippen molar-refractivity contribution in [1.29, 1.82) is 0 Å². The van der Waals surface area contributed by atoms with Crippen LogP contribution in [-0.4, -0.2) is 12.2 Å². The molecule has 0 saturated heterocycles. The van der Waals surface area contributed by atoms with E-state index in [-0.39, 0.29) is 0 Å². The van der Waals surface area contributed by atoms with Gasteiger partial charge in [0.25, 0.3) is 0 Å². The highest BCUT2D eigenvalue weighted by atomic mass is 16.5. The molecule has 4 rings (SSSR count). The Bertz CT molecular complexity index is 647. The van der Waals surface area contributed by atoms with E-state index < -0.39 is 0 Å². The Morgan fingerprint density at radius 1 is 0.935 bits per heavy atom. The van der Waals surface area contributed by atoms with Gasteiger partial charge >= 0.3 is 0 Å². The molecule has 4 aliphatic carbocycles. The largest absolute Gasteiger partial charge is 0.375 e. The van der Waals surface area contributed by atoms with Crippen LogP contribution in [0.4, 0.5) is 0 Å². The summed E-state index contributed by atoms with van der Waals surface area (Å²) in [7, 11) is 0. The molecule has 31 heavy (non-hydrogen) atoms. The van der Waals surface area contributed by atoms with E-state index in [2.05, 4.69) is 54.5 Å². The van der Waals surface area contributed by atoms with E-state index in [1.54, 1.807) is 5.57 Å². The first kappa shape index (κ1) is 23.8. The van der Waals surface area contributed by atoms with Crippen molar-refractivity contribution in [3.63, 3.8) is 0 Å². The van der Waals surface area contributed by atoms with Gasteiger partial charge in [-0.3, -0.25) is 0 Å². The summed E-state index contributed by atoms with van der Waals surface area (Å²) < 4.78 is 6.25. The van der Waals surface area contributed by atoms with Gasteiger partial charge < -0.3 is 4.74 Å². The summed E-state index contributed by atoms with van der Waals surface area (Å²) in [5, 5.41) is 0. The number of ether oxygens (including phenoxy) is 1. The molecule has 0 spiro atoms. The molecule has 0 amide bonds. The average Bonchev–Trinajstić information content (AvgIpc) is 3.05. The maximum absolute atomic E-state index is 6.25. The van der Waals surface area contributed by atoms with E-state index in [0.29, 0.717) is 23.0 Å². The van der Waals surface area contributed by atoms with E-state index in [0.717, 1.165) is 35.5 Å². The zero-order valence-corrected chi connectivity index (χ0v) is 21.9. The quantitative estimate of drug-likeness (QED) is 0.368. The van der Waals surface area contributed by atoms with E-state index in [1.807, 2.05) is 0 Å². The molecule has 178 valence electrons. The summed E-state index contributed by atoms with van der Waals surface area (Å²) in [6.45, 7) is 17.1. The molecule has 3 saturated carbocycles. The minimum Gasteiger partial charge on any atom is -0.375 e. The maximum Gasteiger partial charge on any atom is 0.0616 e. The zero-order valence-electron chi connectivity index (χ0n) is 21.9. The Balaban J connectivity index is 1.46. The fourth-order valence-electron chi connectivity index (χ4n) is 9.15. The smallest absolute Gasteiger partial charge is 0.0616 e. The molecule has 1 nitrogen and oxygen atoms in total. The van der Waals surface area contributed by atoms with Crippen molar-refractivity contribution in [2.75, 3.05) is 0 Å². The van der Waals surface area contributed by atoms with Gasteiger partial charge in [-0.15, -0.1) is 0 Å². The second-order valence-electron chi connectivity index (χ2n) is 13.3. The Kier molecular flexibility index (Phi) is 7.04. The summed E-state index contributed by atoms with van der Waals surface area (Å²) in [6, 6.07) is 0. The van der Waals surface area contributed by atoms with Crippen LogP contribution in [0, 0.1) is 46.3 Å². The standard InChI is InChI=1S/C30H52O/c1-20(2)9-8-10-22(5)26-13-14-27-25-12-11-23-19-24(31-21(3)4)15-17-29(23,6)28(25)16-18-30(26,27)7/h11,20-22,24-28H,8-10,12-19H2,1-7H3/t22-,24+,25?,26-,27?,28?,29+,30-/m1/s1. The van der Waals surface area contributed by atoms with Gasteiger partial charge in [-0.2, -0.15) is 0 Å². The van der Waals surface area contributed by atoms with E-state index in [4.69, 9.17) is 4.74 Å². The molecular formula is C30H52O. The molecule has 0 radical (unpaired) electrons. The van der Waals surface area contributed by atoms with Crippen molar-refractivity contribution in [3.05, 3.63) is 11.6 Å². The summed E-state index contributed by atoms with van der Waals surface area (Å²) >= 11 is 0. The van der Waals surface area contributed by atoms with Crippen molar-refractivity contribution in [1.82, 2.24) is 0 Å². The first-order chi connectivity index (χ1) is 14.6. The average molecular weight is 429 g/mol. The van der Waals surface area contributed by atoms with Crippen molar-refractivity contribution < 1.29 is 4.74 Å². The molecule has 0 aromatic rings. The molecule has 0 aromatic carbocycles. The topological polar surface area (TPSA) is 9.23 Å². The first-order valence-electron chi connectivity index (χ1n) is 14.0. The van der Waals surface area contributed by atoms with Gasteiger partial charge in [-0.1, -0.05) is 65.5 Å². The zero-order chi connectivity index (χ0) is 22.4. The fraction of sp³-hybridized carbons (Fsp3) is 0.933. The van der Waals surface area contributed by atoms with Crippen molar-refractivity contribution in [2.24, 2.45) is 46.3 Å². The van der Waals surface area contributed by atoms with Gasteiger partial charge in [-0.25, -0.2) is 0 Å². The van der Waals surface area contributed by atoms with Gasteiger partial charge in [0.05, 0.1) is 12.2 Å². The Morgan fingerprint density at radius 3 is 2.42 bits per heavy atom.